The maximum Gasteiger partial charge on any atom is 0.332 e. The molecule has 15 heteroatoms. The summed E-state index contributed by atoms with van der Waals surface area (Å²) in [6.45, 7) is 21.9. The molecule has 0 radical (unpaired) electrons. The van der Waals surface area contributed by atoms with Gasteiger partial charge in [-0.2, -0.15) is 0 Å². The van der Waals surface area contributed by atoms with E-state index in [2.05, 4.69) is 6.92 Å². The first-order valence-electron chi connectivity index (χ1n) is 24.9. The quantitative estimate of drug-likeness (QED) is 0.0431. The molecule has 8 atom stereocenters. The Balaban J connectivity index is -0.000000463. The summed E-state index contributed by atoms with van der Waals surface area (Å²) in [6, 6.07) is 0. The lowest BCUT2D eigenvalue weighted by Crippen LogP contribution is -2.37. The Labute approximate surface area is 439 Å². The van der Waals surface area contributed by atoms with Gasteiger partial charge in [-0.25, -0.2) is 4.79 Å². The smallest absolute Gasteiger partial charge is 0.332 e. The molecular formula is C57H110O15. The fourth-order valence-corrected chi connectivity index (χ4v) is 9.47. The van der Waals surface area contributed by atoms with Crippen LogP contribution in [-0.4, -0.2) is 101 Å². The minimum absolute atomic E-state index is 0. The molecule has 72 heavy (non-hydrogen) atoms. The highest BCUT2D eigenvalue weighted by Crippen LogP contribution is 2.52. The van der Waals surface area contributed by atoms with Crippen LogP contribution >= 0.6 is 0 Å². The SMILES string of the molecule is C.C.C.C.C.C.CCC(C)(C)C(=O)OC1CC2CC(C(=O)OCOC)C1C2.CCC1(OC(=O)COCCOC(=O)C(C)(C)CC)CCCCC1.CCOCOC(=O)C1CC2CC(OC(=O)C(C)(C)CC)C1C2. The topological polar surface area (TPSA) is 185 Å². The van der Waals surface area contributed by atoms with Crippen molar-refractivity contribution in [2.24, 2.45) is 51.8 Å². The van der Waals surface area contributed by atoms with E-state index in [9.17, 15) is 28.8 Å². The van der Waals surface area contributed by atoms with Crippen molar-refractivity contribution in [3.63, 3.8) is 0 Å². The van der Waals surface area contributed by atoms with Crippen molar-refractivity contribution in [3.05, 3.63) is 0 Å². The van der Waals surface area contributed by atoms with Crippen molar-refractivity contribution in [2.45, 2.75) is 235 Å². The van der Waals surface area contributed by atoms with E-state index in [0.717, 1.165) is 89.9 Å². The lowest BCUT2D eigenvalue weighted by molar-refractivity contribution is -0.172. The Morgan fingerprint density at radius 2 is 0.944 bits per heavy atom. The zero-order valence-electron chi connectivity index (χ0n) is 42.6. The van der Waals surface area contributed by atoms with Crippen LogP contribution in [0.4, 0.5) is 0 Å². The first-order chi connectivity index (χ1) is 31.1. The molecule has 0 aromatic carbocycles. The zero-order chi connectivity index (χ0) is 49.3. The van der Waals surface area contributed by atoms with E-state index in [1.807, 2.05) is 69.2 Å². The maximum atomic E-state index is 12.3. The predicted octanol–water partition coefficient (Wildman–Crippen LogP) is 12.9. The van der Waals surface area contributed by atoms with Crippen LogP contribution in [0.15, 0.2) is 0 Å². The zero-order valence-corrected chi connectivity index (χ0v) is 42.6. The molecule has 15 nitrogen and oxygen atoms in total. The van der Waals surface area contributed by atoms with Gasteiger partial charge in [-0.15, -0.1) is 0 Å². The molecule has 4 bridgehead atoms. The third kappa shape index (κ3) is 21.9. The summed E-state index contributed by atoms with van der Waals surface area (Å²) in [5, 5.41) is 0. The van der Waals surface area contributed by atoms with Gasteiger partial charge in [0.05, 0.1) is 34.7 Å². The Morgan fingerprint density at radius 1 is 0.514 bits per heavy atom. The van der Waals surface area contributed by atoms with E-state index in [0.29, 0.717) is 18.4 Å². The molecule has 0 N–H and O–H groups in total. The Morgan fingerprint density at radius 3 is 1.33 bits per heavy atom. The van der Waals surface area contributed by atoms with Crippen LogP contribution in [0.2, 0.25) is 0 Å². The Hall–Kier alpha value is -3.30. The number of fused-ring (bicyclic) bond motifs is 4. The Bertz CT molecular complexity index is 1570. The van der Waals surface area contributed by atoms with Gasteiger partial charge in [0.25, 0.3) is 0 Å². The van der Waals surface area contributed by atoms with Gasteiger partial charge in [-0.1, -0.05) is 78.7 Å². The van der Waals surface area contributed by atoms with Crippen LogP contribution < -0.4 is 0 Å². The van der Waals surface area contributed by atoms with E-state index in [4.69, 9.17) is 42.6 Å². The number of carbonyl (C=O) groups is 6. The highest BCUT2D eigenvalue weighted by Gasteiger charge is 2.53. The second-order valence-corrected chi connectivity index (χ2v) is 21.0. The van der Waals surface area contributed by atoms with E-state index < -0.39 is 16.2 Å². The minimum Gasteiger partial charge on any atom is -0.463 e. The van der Waals surface area contributed by atoms with Crippen molar-refractivity contribution >= 4 is 35.8 Å². The van der Waals surface area contributed by atoms with Gasteiger partial charge in [0.15, 0.2) is 13.6 Å². The van der Waals surface area contributed by atoms with E-state index >= 15 is 0 Å². The molecule has 0 saturated heterocycles. The monoisotopic (exact) mass is 1030 g/mol. The van der Waals surface area contributed by atoms with Crippen LogP contribution in [0, 0.1) is 51.8 Å². The number of hydrogen-bond donors (Lipinski definition) is 0. The first kappa shape index (κ1) is 75.2. The highest BCUT2D eigenvalue weighted by molar-refractivity contribution is 5.78. The molecule has 0 amide bonds. The molecule has 0 aromatic rings. The average molecular weight is 1040 g/mol. The van der Waals surface area contributed by atoms with Crippen LogP contribution in [0.1, 0.15) is 217 Å². The normalized spacial score (nSPS) is 24.0. The van der Waals surface area contributed by atoms with Gasteiger partial charge >= 0.3 is 35.8 Å². The number of hydrogen-bond acceptors (Lipinski definition) is 15. The van der Waals surface area contributed by atoms with Crippen LogP contribution in [-0.2, 0) is 71.4 Å². The van der Waals surface area contributed by atoms with Crippen molar-refractivity contribution < 1.29 is 71.4 Å². The molecule has 0 spiro atoms. The molecule has 428 valence electrons. The summed E-state index contributed by atoms with van der Waals surface area (Å²) in [7, 11) is 1.49. The van der Waals surface area contributed by atoms with Crippen molar-refractivity contribution in [1.29, 1.82) is 0 Å². The summed E-state index contributed by atoms with van der Waals surface area (Å²) in [4.78, 5) is 72.4. The van der Waals surface area contributed by atoms with Crippen LogP contribution in [0.3, 0.4) is 0 Å². The Kier molecular flexibility index (Phi) is 36.6. The second-order valence-electron chi connectivity index (χ2n) is 21.0. The third-order valence-corrected chi connectivity index (χ3v) is 15.2. The number of rotatable bonds is 22. The van der Waals surface area contributed by atoms with Gasteiger partial charge in [-0.05, 0) is 150 Å². The lowest BCUT2D eigenvalue weighted by Gasteiger charge is -2.35. The minimum atomic E-state index is -0.479. The molecule has 5 aliphatic rings. The summed E-state index contributed by atoms with van der Waals surface area (Å²) in [5.74, 6) is -0.464. The molecule has 8 unspecified atom stereocenters. The molecule has 5 saturated carbocycles. The second kappa shape index (κ2) is 35.0. The van der Waals surface area contributed by atoms with E-state index in [1.165, 1.54) is 13.5 Å². The molecule has 5 aliphatic carbocycles. The molecule has 5 fully saturated rings. The maximum absolute atomic E-state index is 12.3. The number of methoxy groups -OCH3 is 1. The molecular weight excluding hydrogens is 925 g/mol. The van der Waals surface area contributed by atoms with E-state index in [1.54, 1.807) is 0 Å². The molecule has 0 aliphatic heterocycles. The van der Waals surface area contributed by atoms with Gasteiger partial charge in [-0.3, -0.25) is 24.0 Å². The fourth-order valence-electron chi connectivity index (χ4n) is 9.47. The fraction of sp³-hybridized carbons (Fsp3) is 0.895. The summed E-state index contributed by atoms with van der Waals surface area (Å²) in [5.41, 5.74) is -1.70. The molecule has 0 aromatic heterocycles. The number of ether oxygens (including phenoxy) is 9. The molecule has 0 heterocycles. The van der Waals surface area contributed by atoms with Crippen molar-refractivity contribution in [3.8, 4) is 0 Å². The summed E-state index contributed by atoms with van der Waals surface area (Å²) >= 11 is 0. The summed E-state index contributed by atoms with van der Waals surface area (Å²) in [6.07, 6.45) is 13.5. The van der Waals surface area contributed by atoms with Crippen LogP contribution in [0.5, 0.6) is 0 Å². The van der Waals surface area contributed by atoms with E-state index in [-0.39, 0.29) is 155 Å². The lowest BCUT2D eigenvalue weighted by atomic mass is 9.83. The van der Waals surface area contributed by atoms with Gasteiger partial charge < -0.3 is 42.6 Å². The third-order valence-electron chi connectivity index (χ3n) is 15.2. The van der Waals surface area contributed by atoms with Gasteiger partial charge in [0.2, 0.25) is 0 Å². The van der Waals surface area contributed by atoms with Crippen LogP contribution in [0.25, 0.3) is 0 Å². The van der Waals surface area contributed by atoms with Crippen molar-refractivity contribution in [2.75, 3.05) is 47.1 Å². The van der Waals surface area contributed by atoms with Gasteiger partial charge in [0, 0.05) is 25.6 Å². The number of esters is 6. The van der Waals surface area contributed by atoms with Crippen molar-refractivity contribution in [1.82, 2.24) is 0 Å². The standard InChI is InChI=1S/C18H32O5.C17H28O5.C16H26O5.6CH4/c1-5-17(3,4)16(20)22-13-12-21-14-15(19)23-18(6-2)10-8-7-9-11-18;1-5-17(3,4)16(19)22-14-9-11-7-12(14)13(8-11)15(18)21-10-20-6-2;1-5-16(2,3)15(18)21-13-8-10-6-11(13)12(7-10)14(17)20-9-19-4;;;;;;/h5-14H2,1-4H3;11-14H,5-10H2,1-4H3;10-13H,5-9H2,1-4H3;6*1H4. The average Bonchev–Trinajstić information content (AvgIpc) is 4.11. The molecule has 5 rings (SSSR count). The largest absolute Gasteiger partial charge is 0.463 e. The number of carbonyl (C=O) groups excluding carboxylic acids is 6. The highest BCUT2D eigenvalue weighted by atomic mass is 16.7. The summed E-state index contributed by atoms with van der Waals surface area (Å²) < 4.78 is 47.6. The first-order valence-corrected chi connectivity index (χ1v) is 24.9. The van der Waals surface area contributed by atoms with Gasteiger partial charge in [0.1, 0.15) is 31.0 Å². The predicted molar refractivity (Wildman–Crippen MR) is 286 cm³/mol.